The first-order valence-corrected chi connectivity index (χ1v) is 8.70. The predicted octanol–water partition coefficient (Wildman–Crippen LogP) is 1.37. The van der Waals surface area contributed by atoms with Crippen molar-refractivity contribution in [1.29, 1.82) is 0 Å². The Hall–Kier alpha value is 0.400. The van der Waals surface area contributed by atoms with E-state index in [0.29, 0.717) is 6.61 Å². The largest absolute Gasteiger partial charge is 1.00 e. The highest BCUT2D eigenvalue weighted by Gasteiger charge is 2.25. The zero-order chi connectivity index (χ0) is 14.4. The molecule has 0 unspecified atom stereocenters. The van der Waals surface area contributed by atoms with Crippen LogP contribution in [-0.4, -0.2) is 42.4 Å². The van der Waals surface area contributed by atoms with Crippen LogP contribution in [-0.2, 0) is 0 Å². The Labute approximate surface area is 138 Å². The van der Waals surface area contributed by atoms with E-state index < -0.39 is 0 Å². The molecule has 20 heavy (non-hydrogen) atoms. The minimum atomic E-state index is 0. The summed E-state index contributed by atoms with van der Waals surface area (Å²) < 4.78 is 1.27. The van der Waals surface area contributed by atoms with Crippen molar-refractivity contribution in [2.75, 3.05) is 32.8 Å². The minimum absolute atomic E-state index is 0. The maximum atomic E-state index is 9.19. The van der Waals surface area contributed by atoms with Gasteiger partial charge in [0.15, 0.2) is 0 Å². The Morgan fingerprint density at radius 1 is 0.600 bits per heavy atom. The van der Waals surface area contributed by atoms with Gasteiger partial charge in [0.1, 0.15) is 0 Å². The second kappa shape index (κ2) is 15.8. The number of nitrogens with zero attached hydrogens (tertiary/aromatic N) is 1. The van der Waals surface area contributed by atoms with E-state index in [9.17, 15) is 5.11 Å². The van der Waals surface area contributed by atoms with Crippen molar-refractivity contribution in [3.05, 3.63) is 0 Å². The number of aliphatic hydroxyl groups is 1. The van der Waals surface area contributed by atoms with Crippen LogP contribution in [0.15, 0.2) is 0 Å². The molecule has 0 aliphatic rings. The second-order valence-corrected chi connectivity index (χ2v) is 6.08. The summed E-state index contributed by atoms with van der Waals surface area (Å²) in [5.74, 6) is 0. The van der Waals surface area contributed by atoms with Gasteiger partial charge in [-0.3, -0.25) is 0 Å². The molecule has 0 rings (SSSR count). The van der Waals surface area contributed by atoms with Crippen LogP contribution in [0.2, 0.25) is 0 Å². The van der Waals surface area contributed by atoms with Gasteiger partial charge in [0.2, 0.25) is 0 Å². The summed E-state index contributed by atoms with van der Waals surface area (Å²) >= 11 is 0. The molecular formula is C17H38BrNO. The number of unbranched alkanes of at least 4 members (excludes halogenated alkanes) is 5. The molecule has 0 fully saturated rings. The fourth-order valence-corrected chi connectivity index (χ4v) is 2.96. The lowest BCUT2D eigenvalue weighted by atomic mass is 10.1. The molecule has 124 valence electrons. The average molecular weight is 352 g/mol. The molecule has 0 saturated carbocycles. The van der Waals surface area contributed by atoms with Gasteiger partial charge in [-0.25, -0.2) is 0 Å². The third-order valence-corrected chi connectivity index (χ3v) is 4.25. The summed E-state index contributed by atoms with van der Waals surface area (Å²) in [5.41, 5.74) is 0. The lowest BCUT2D eigenvalue weighted by Crippen LogP contribution is -3.00. The van der Waals surface area contributed by atoms with Crippen molar-refractivity contribution in [1.82, 2.24) is 0 Å². The van der Waals surface area contributed by atoms with E-state index in [-0.39, 0.29) is 17.0 Å². The van der Waals surface area contributed by atoms with Crippen molar-refractivity contribution < 1.29 is 26.6 Å². The summed E-state index contributed by atoms with van der Waals surface area (Å²) in [6, 6.07) is 0. The van der Waals surface area contributed by atoms with Crippen LogP contribution in [0.1, 0.15) is 78.6 Å². The highest BCUT2D eigenvalue weighted by Crippen LogP contribution is 2.16. The zero-order valence-electron chi connectivity index (χ0n) is 14.2. The first-order chi connectivity index (χ1) is 9.24. The highest BCUT2D eigenvalue weighted by molar-refractivity contribution is 4.50. The summed E-state index contributed by atoms with van der Waals surface area (Å²) in [6.45, 7) is 12.4. The first-order valence-electron chi connectivity index (χ1n) is 8.70. The van der Waals surface area contributed by atoms with Gasteiger partial charge in [0.25, 0.3) is 0 Å². The Morgan fingerprint density at radius 2 is 1.00 bits per heavy atom. The zero-order valence-corrected chi connectivity index (χ0v) is 15.8. The summed E-state index contributed by atoms with van der Waals surface area (Å²) in [5, 5.41) is 9.19. The molecule has 0 radical (unpaired) electrons. The van der Waals surface area contributed by atoms with Gasteiger partial charge in [0.05, 0.1) is 26.2 Å². The van der Waals surface area contributed by atoms with Gasteiger partial charge in [-0.05, 0) is 32.1 Å². The van der Waals surface area contributed by atoms with Crippen LogP contribution in [0.4, 0.5) is 0 Å². The van der Waals surface area contributed by atoms with Crippen LogP contribution in [0.5, 0.6) is 0 Å². The molecule has 0 aromatic rings. The lowest BCUT2D eigenvalue weighted by Gasteiger charge is -2.39. The molecule has 0 saturated heterocycles. The Morgan fingerprint density at radius 3 is 1.40 bits per heavy atom. The smallest absolute Gasteiger partial charge is 0.0808 e. The van der Waals surface area contributed by atoms with Gasteiger partial charge in [-0.2, -0.15) is 0 Å². The van der Waals surface area contributed by atoms with Crippen LogP contribution >= 0.6 is 0 Å². The van der Waals surface area contributed by atoms with Crippen LogP contribution in [0.3, 0.4) is 0 Å². The van der Waals surface area contributed by atoms with Crippen LogP contribution in [0, 0.1) is 0 Å². The normalized spacial score (nSPS) is 11.4. The number of quaternary nitrogens is 1. The molecule has 1 N–H and O–H groups in total. The van der Waals surface area contributed by atoms with E-state index >= 15 is 0 Å². The van der Waals surface area contributed by atoms with Crippen molar-refractivity contribution in [2.45, 2.75) is 78.6 Å². The lowest BCUT2D eigenvalue weighted by molar-refractivity contribution is -0.929. The van der Waals surface area contributed by atoms with E-state index in [0.717, 1.165) is 6.42 Å². The molecule has 0 atom stereocenters. The number of hydrogen-bond acceptors (Lipinski definition) is 1. The summed E-state index contributed by atoms with van der Waals surface area (Å²) in [4.78, 5) is 0. The fraction of sp³-hybridized carbons (Fsp3) is 1.00. The molecule has 0 amide bonds. The van der Waals surface area contributed by atoms with E-state index in [2.05, 4.69) is 20.8 Å². The number of aliphatic hydroxyl groups excluding tert-OH is 1. The van der Waals surface area contributed by atoms with E-state index in [4.69, 9.17) is 0 Å². The van der Waals surface area contributed by atoms with Crippen LogP contribution < -0.4 is 17.0 Å². The van der Waals surface area contributed by atoms with Gasteiger partial charge in [0, 0.05) is 13.0 Å². The van der Waals surface area contributed by atoms with E-state index in [1.807, 2.05) is 0 Å². The molecule has 0 heterocycles. The molecule has 0 bridgehead atoms. The third-order valence-electron chi connectivity index (χ3n) is 4.25. The van der Waals surface area contributed by atoms with Crippen molar-refractivity contribution in [2.24, 2.45) is 0 Å². The third kappa shape index (κ3) is 11.1. The maximum Gasteiger partial charge on any atom is 0.0808 e. The predicted molar refractivity (Wildman–Crippen MR) is 85.4 cm³/mol. The van der Waals surface area contributed by atoms with Gasteiger partial charge in [-0.15, -0.1) is 0 Å². The summed E-state index contributed by atoms with van der Waals surface area (Å²) in [7, 11) is 0. The second-order valence-electron chi connectivity index (χ2n) is 6.08. The number of hydrogen-bond donors (Lipinski definition) is 1. The highest BCUT2D eigenvalue weighted by atomic mass is 79.9. The summed E-state index contributed by atoms with van der Waals surface area (Å²) in [6.07, 6.45) is 11.7. The first kappa shape index (κ1) is 22.7. The molecule has 2 nitrogen and oxygen atoms in total. The van der Waals surface area contributed by atoms with Crippen molar-refractivity contribution in [3.63, 3.8) is 0 Å². The molecule has 0 aliphatic carbocycles. The quantitative estimate of drug-likeness (QED) is 0.370. The van der Waals surface area contributed by atoms with Gasteiger partial charge in [-0.1, -0.05) is 40.0 Å². The standard InChI is InChI=1S/C17H38NO.BrH/c1-4-7-10-14-18(13-9-6-3,16-12-17-19)15-11-8-5-2;/h19H,4-17H2,1-3H3;1H/q+1;/p-1. The average Bonchev–Trinajstić information content (AvgIpc) is 2.43. The topological polar surface area (TPSA) is 20.2 Å². The number of rotatable bonds is 14. The van der Waals surface area contributed by atoms with Gasteiger partial charge >= 0.3 is 0 Å². The molecule has 0 spiro atoms. The van der Waals surface area contributed by atoms with E-state index in [1.165, 1.54) is 82.0 Å². The number of halogens is 1. The minimum Gasteiger partial charge on any atom is -1.00 e. The SMILES string of the molecule is CCCCC[N+](CCCC)(CCCO)CCCCC.[Br-]. The Kier molecular flexibility index (Phi) is 17.9. The Bertz CT molecular complexity index is 168. The molecule has 3 heteroatoms. The molecular weight excluding hydrogens is 314 g/mol. The molecule has 0 aliphatic heterocycles. The maximum absolute atomic E-state index is 9.19. The van der Waals surface area contributed by atoms with E-state index in [1.54, 1.807) is 0 Å². The molecule has 0 aromatic heterocycles. The Balaban J connectivity index is 0. The monoisotopic (exact) mass is 351 g/mol. The van der Waals surface area contributed by atoms with Gasteiger partial charge < -0.3 is 26.6 Å². The van der Waals surface area contributed by atoms with Crippen LogP contribution in [0.25, 0.3) is 0 Å². The molecule has 0 aromatic carbocycles. The van der Waals surface area contributed by atoms with Crippen molar-refractivity contribution >= 4 is 0 Å². The van der Waals surface area contributed by atoms with Crippen molar-refractivity contribution in [3.8, 4) is 0 Å². The fourth-order valence-electron chi connectivity index (χ4n) is 2.96.